The second kappa shape index (κ2) is 4.44. The molecule has 0 aromatic heterocycles. The maximum Gasteiger partial charge on any atom is 0.0704 e. The van der Waals surface area contributed by atoms with Gasteiger partial charge < -0.3 is 5.11 Å². The van der Waals surface area contributed by atoms with Crippen molar-refractivity contribution >= 4 is 0 Å². The first-order valence-corrected chi connectivity index (χ1v) is 4.08. The minimum Gasteiger partial charge on any atom is -0.390 e. The fourth-order valence-corrected chi connectivity index (χ4v) is 0.880. The zero-order valence-electron chi connectivity index (χ0n) is 7.59. The van der Waals surface area contributed by atoms with Crippen LogP contribution < -0.4 is 0 Å². The molecular formula is C8H18N2O. The zero-order valence-corrected chi connectivity index (χ0v) is 7.59. The Hall–Kier alpha value is -0.440. The first kappa shape index (κ1) is 10.6. The number of nitrogens with one attached hydrogen (secondary N) is 1. The predicted molar refractivity (Wildman–Crippen MR) is 44.8 cm³/mol. The smallest absolute Gasteiger partial charge is 0.0704 e. The second-order valence-electron chi connectivity index (χ2n) is 3.54. The van der Waals surface area contributed by atoms with Crippen LogP contribution in [0.1, 0.15) is 40.0 Å². The van der Waals surface area contributed by atoms with E-state index in [0.29, 0.717) is 6.42 Å². The molecule has 66 valence electrons. The lowest BCUT2D eigenvalue weighted by Crippen LogP contribution is -2.20. The molecule has 0 amide bonds. The Kier molecular flexibility index (Phi) is 4.26. The third-order valence-corrected chi connectivity index (χ3v) is 1.74. The van der Waals surface area contributed by atoms with Crippen molar-refractivity contribution in [2.75, 3.05) is 0 Å². The van der Waals surface area contributed by atoms with Gasteiger partial charge in [0.25, 0.3) is 0 Å². The summed E-state index contributed by atoms with van der Waals surface area (Å²) >= 11 is 0. The summed E-state index contributed by atoms with van der Waals surface area (Å²) in [6.45, 7) is 5.57. The monoisotopic (exact) mass is 158 g/mol. The minimum atomic E-state index is -0.613. The van der Waals surface area contributed by atoms with Gasteiger partial charge in [-0.2, -0.15) is 5.11 Å². The van der Waals surface area contributed by atoms with E-state index >= 15 is 0 Å². The lowest BCUT2D eigenvalue weighted by molar-refractivity contribution is 0.0664. The molecule has 0 aliphatic heterocycles. The van der Waals surface area contributed by atoms with Gasteiger partial charge in [0.15, 0.2) is 0 Å². The molecule has 3 heteroatoms. The Balaban J connectivity index is 3.59. The Morgan fingerprint density at radius 1 is 1.55 bits per heavy atom. The molecule has 0 aliphatic rings. The first-order chi connectivity index (χ1) is 4.99. The van der Waals surface area contributed by atoms with Crippen molar-refractivity contribution in [3.05, 3.63) is 0 Å². The summed E-state index contributed by atoms with van der Waals surface area (Å²) in [6, 6.07) is 0.0985. The number of aliphatic hydroxyl groups is 1. The zero-order chi connectivity index (χ0) is 8.91. The minimum absolute atomic E-state index is 0.0985. The largest absolute Gasteiger partial charge is 0.390 e. The number of hydrogen-bond donors (Lipinski definition) is 2. The average molecular weight is 158 g/mol. The van der Waals surface area contributed by atoms with Gasteiger partial charge in [-0.05, 0) is 33.1 Å². The third kappa shape index (κ3) is 5.98. The van der Waals surface area contributed by atoms with Crippen LogP contribution in [0.4, 0.5) is 0 Å². The summed E-state index contributed by atoms with van der Waals surface area (Å²) in [7, 11) is 0. The van der Waals surface area contributed by atoms with Crippen molar-refractivity contribution in [3.63, 3.8) is 0 Å². The van der Waals surface area contributed by atoms with Crippen LogP contribution >= 0.6 is 0 Å². The molecule has 0 spiro atoms. The van der Waals surface area contributed by atoms with Gasteiger partial charge in [0.1, 0.15) is 0 Å². The third-order valence-electron chi connectivity index (χ3n) is 1.74. The van der Waals surface area contributed by atoms with Gasteiger partial charge in [0.05, 0.1) is 11.6 Å². The Labute approximate surface area is 68.3 Å². The SMILES string of the molecule is CCC(CCC(C)(C)O)N=N. The normalized spacial score (nSPS) is 14.5. The van der Waals surface area contributed by atoms with E-state index in [-0.39, 0.29) is 6.04 Å². The van der Waals surface area contributed by atoms with Gasteiger partial charge >= 0.3 is 0 Å². The highest BCUT2D eigenvalue weighted by Gasteiger charge is 2.14. The van der Waals surface area contributed by atoms with Gasteiger partial charge in [0, 0.05) is 0 Å². The molecule has 0 saturated heterocycles. The van der Waals surface area contributed by atoms with Crippen LogP contribution in [-0.4, -0.2) is 16.7 Å². The van der Waals surface area contributed by atoms with Crippen molar-refractivity contribution in [3.8, 4) is 0 Å². The molecule has 0 aromatic carbocycles. The van der Waals surface area contributed by atoms with E-state index < -0.39 is 5.60 Å². The van der Waals surface area contributed by atoms with Crippen molar-refractivity contribution < 1.29 is 5.11 Å². The summed E-state index contributed by atoms with van der Waals surface area (Å²) in [5.74, 6) is 0. The van der Waals surface area contributed by atoms with E-state index in [1.807, 2.05) is 6.92 Å². The molecule has 3 nitrogen and oxygen atoms in total. The first-order valence-electron chi connectivity index (χ1n) is 4.08. The topological polar surface area (TPSA) is 56.4 Å². The van der Waals surface area contributed by atoms with Gasteiger partial charge in [-0.15, -0.1) is 0 Å². The lowest BCUT2D eigenvalue weighted by atomic mass is 9.99. The van der Waals surface area contributed by atoms with E-state index in [4.69, 9.17) is 5.53 Å². The molecule has 1 unspecified atom stereocenters. The quantitative estimate of drug-likeness (QED) is 0.593. The second-order valence-corrected chi connectivity index (χ2v) is 3.54. The van der Waals surface area contributed by atoms with E-state index in [1.54, 1.807) is 13.8 Å². The molecule has 0 saturated carbocycles. The number of nitrogens with zero attached hydrogens (tertiary/aromatic N) is 1. The van der Waals surface area contributed by atoms with E-state index in [2.05, 4.69) is 5.11 Å². The molecule has 0 bridgehead atoms. The lowest BCUT2D eigenvalue weighted by Gasteiger charge is -2.18. The summed E-state index contributed by atoms with van der Waals surface area (Å²) in [5.41, 5.74) is 6.20. The van der Waals surface area contributed by atoms with E-state index in [1.165, 1.54) is 0 Å². The summed E-state index contributed by atoms with van der Waals surface area (Å²) in [6.07, 6.45) is 2.41. The van der Waals surface area contributed by atoms with Crippen LogP contribution in [0, 0.1) is 5.53 Å². The molecule has 0 rings (SSSR count). The van der Waals surface area contributed by atoms with Gasteiger partial charge in [-0.3, -0.25) is 0 Å². The molecule has 11 heavy (non-hydrogen) atoms. The Morgan fingerprint density at radius 3 is 2.36 bits per heavy atom. The molecule has 0 radical (unpaired) electrons. The summed E-state index contributed by atoms with van der Waals surface area (Å²) in [4.78, 5) is 0. The predicted octanol–water partition coefficient (Wildman–Crippen LogP) is 2.35. The van der Waals surface area contributed by atoms with Gasteiger partial charge in [-0.25, -0.2) is 5.53 Å². The molecule has 2 N–H and O–H groups in total. The molecule has 0 fully saturated rings. The van der Waals surface area contributed by atoms with Crippen LogP contribution in [0.5, 0.6) is 0 Å². The van der Waals surface area contributed by atoms with Crippen LogP contribution in [0.15, 0.2) is 5.11 Å². The number of hydrogen-bond acceptors (Lipinski definition) is 3. The van der Waals surface area contributed by atoms with Crippen molar-refractivity contribution in [1.82, 2.24) is 0 Å². The number of rotatable bonds is 5. The van der Waals surface area contributed by atoms with E-state index in [0.717, 1.165) is 12.8 Å². The van der Waals surface area contributed by atoms with Crippen LogP contribution in [0.2, 0.25) is 0 Å². The van der Waals surface area contributed by atoms with Crippen molar-refractivity contribution in [1.29, 1.82) is 5.53 Å². The van der Waals surface area contributed by atoms with Gasteiger partial charge in [0.2, 0.25) is 0 Å². The molecular weight excluding hydrogens is 140 g/mol. The molecule has 0 heterocycles. The van der Waals surface area contributed by atoms with Crippen LogP contribution in [0.25, 0.3) is 0 Å². The maximum atomic E-state index is 9.35. The Morgan fingerprint density at radius 2 is 2.09 bits per heavy atom. The highest BCUT2D eigenvalue weighted by Crippen LogP contribution is 2.15. The fraction of sp³-hybridized carbons (Fsp3) is 1.00. The highest BCUT2D eigenvalue weighted by atomic mass is 16.3. The summed E-state index contributed by atoms with van der Waals surface area (Å²) < 4.78 is 0. The fourth-order valence-electron chi connectivity index (χ4n) is 0.880. The molecule has 0 aliphatic carbocycles. The Bertz CT molecular complexity index is 118. The van der Waals surface area contributed by atoms with Crippen molar-refractivity contribution in [2.24, 2.45) is 5.11 Å². The van der Waals surface area contributed by atoms with Crippen LogP contribution in [0.3, 0.4) is 0 Å². The van der Waals surface area contributed by atoms with E-state index in [9.17, 15) is 5.11 Å². The molecule has 0 aromatic rings. The standard InChI is InChI=1S/C8H18N2O/c1-4-7(10-9)5-6-8(2,3)11/h7,9,11H,4-6H2,1-3H3. The highest BCUT2D eigenvalue weighted by molar-refractivity contribution is 4.70. The summed E-state index contributed by atoms with van der Waals surface area (Å²) in [5, 5.41) is 12.8. The van der Waals surface area contributed by atoms with Crippen molar-refractivity contribution in [2.45, 2.75) is 51.7 Å². The maximum absolute atomic E-state index is 9.35. The van der Waals surface area contributed by atoms with Gasteiger partial charge in [-0.1, -0.05) is 6.92 Å². The molecule has 1 atom stereocenters. The average Bonchev–Trinajstić information content (AvgIpc) is 1.88. The van der Waals surface area contributed by atoms with Crippen LogP contribution in [-0.2, 0) is 0 Å².